The molecule has 9 heteroatoms. The highest BCUT2D eigenvalue weighted by molar-refractivity contribution is 7.92. The van der Waals surface area contributed by atoms with E-state index < -0.39 is 34.3 Å². The summed E-state index contributed by atoms with van der Waals surface area (Å²) in [6.07, 6.45) is 2.87. The highest BCUT2D eigenvalue weighted by Crippen LogP contribution is 2.29. The van der Waals surface area contributed by atoms with Crippen LogP contribution in [0.15, 0.2) is 78.9 Å². The monoisotopic (exact) mass is 581 g/mol. The summed E-state index contributed by atoms with van der Waals surface area (Å²) in [7, 11) is -3.89. The van der Waals surface area contributed by atoms with Gasteiger partial charge in [-0.2, -0.15) is 0 Å². The van der Waals surface area contributed by atoms with Crippen molar-refractivity contribution in [1.82, 2.24) is 10.2 Å². The lowest BCUT2D eigenvalue weighted by atomic mass is 10.0. The van der Waals surface area contributed by atoms with Crippen molar-refractivity contribution in [2.24, 2.45) is 0 Å². The zero-order valence-electron chi connectivity index (χ0n) is 24.2. The standard InChI is InChI=1S/C32H40FN3O4S/c1-5-6-20-34-32(38)30(21-25-14-8-7-9-15-25)35(22-26-16-10-12-18-28(26)33)31(37)23-36(41(4,39)40)29-19-13-11-17-27(29)24(2)3/h7-19,24,30H,5-6,20-23H2,1-4H3,(H,34,38)/t30-/m1/s1. The van der Waals surface area contributed by atoms with Gasteiger partial charge >= 0.3 is 0 Å². The number of hydrogen-bond donors (Lipinski definition) is 1. The van der Waals surface area contributed by atoms with Crippen LogP contribution >= 0.6 is 0 Å². The molecular formula is C32H40FN3O4S. The van der Waals surface area contributed by atoms with Crippen LogP contribution in [-0.2, 0) is 32.6 Å². The van der Waals surface area contributed by atoms with Crippen molar-refractivity contribution in [3.63, 3.8) is 0 Å². The molecule has 3 rings (SSSR count). The van der Waals surface area contributed by atoms with Crippen molar-refractivity contribution >= 4 is 27.5 Å². The van der Waals surface area contributed by atoms with Crippen LogP contribution in [0.4, 0.5) is 10.1 Å². The molecular weight excluding hydrogens is 541 g/mol. The fraction of sp³-hybridized carbons (Fsp3) is 0.375. The first-order chi connectivity index (χ1) is 19.5. The van der Waals surface area contributed by atoms with E-state index in [1.165, 1.54) is 11.0 Å². The second-order valence-electron chi connectivity index (χ2n) is 10.4. The van der Waals surface area contributed by atoms with E-state index in [0.29, 0.717) is 12.2 Å². The molecule has 0 aliphatic carbocycles. The Morgan fingerprint density at radius 1 is 0.927 bits per heavy atom. The fourth-order valence-corrected chi connectivity index (χ4v) is 5.54. The van der Waals surface area contributed by atoms with Gasteiger partial charge in [0, 0.05) is 25.1 Å². The second kappa shape index (κ2) is 14.8. The zero-order valence-corrected chi connectivity index (χ0v) is 25.0. The van der Waals surface area contributed by atoms with Crippen molar-refractivity contribution in [3.05, 3.63) is 101 Å². The van der Waals surface area contributed by atoms with Crippen LogP contribution < -0.4 is 9.62 Å². The predicted molar refractivity (Wildman–Crippen MR) is 162 cm³/mol. The Labute approximate surface area is 243 Å². The van der Waals surface area contributed by atoms with Crippen molar-refractivity contribution in [2.45, 2.75) is 58.5 Å². The number of rotatable bonds is 14. The average molecular weight is 582 g/mol. The summed E-state index contributed by atoms with van der Waals surface area (Å²) in [5, 5.41) is 2.92. The Morgan fingerprint density at radius 3 is 2.20 bits per heavy atom. The molecule has 7 nitrogen and oxygen atoms in total. The number of anilines is 1. The van der Waals surface area contributed by atoms with E-state index in [1.807, 2.05) is 63.2 Å². The van der Waals surface area contributed by atoms with Gasteiger partial charge in [-0.25, -0.2) is 12.8 Å². The molecule has 0 spiro atoms. The van der Waals surface area contributed by atoms with Gasteiger partial charge in [-0.3, -0.25) is 13.9 Å². The first kappa shape index (κ1) is 31.8. The van der Waals surface area contributed by atoms with Crippen molar-refractivity contribution < 1.29 is 22.4 Å². The molecule has 0 aliphatic rings. The average Bonchev–Trinajstić information content (AvgIpc) is 2.94. The van der Waals surface area contributed by atoms with Gasteiger partial charge in [-0.15, -0.1) is 0 Å². The van der Waals surface area contributed by atoms with Gasteiger partial charge in [-0.05, 0) is 35.6 Å². The fourth-order valence-electron chi connectivity index (χ4n) is 4.67. The third kappa shape index (κ3) is 8.88. The second-order valence-corrected chi connectivity index (χ2v) is 12.4. The van der Waals surface area contributed by atoms with E-state index in [1.54, 1.807) is 30.3 Å². The third-order valence-electron chi connectivity index (χ3n) is 6.91. The van der Waals surface area contributed by atoms with Gasteiger partial charge in [0.2, 0.25) is 21.8 Å². The normalized spacial score (nSPS) is 12.1. The van der Waals surface area contributed by atoms with Gasteiger partial charge in [0.05, 0.1) is 11.9 Å². The summed E-state index contributed by atoms with van der Waals surface area (Å²) in [6.45, 7) is 5.60. The number of nitrogens with zero attached hydrogens (tertiary/aromatic N) is 2. The SMILES string of the molecule is CCCCNC(=O)[C@@H](Cc1ccccc1)N(Cc1ccccc1F)C(=O)CN(c1ccccc1C(C)C)S(C)(=O)=O. The number of benzene rings is 3. The molecule has 1 atom stereocenters. The van der Waals surface area contributed by atoms with E-state index in [0.717, 1.165) is 34.5 Å². The molecule has 0 saturated carbocycles. The summed E-state index contributed by atoms with van der Waals surface area (Å²) in [4.78, 5) is 29.1. The topological polar surface area (TPSA) is 86.8 Å². The number of carbonyl (C=O) groups excluding carboxylic acids is 2. The molecule has 41 heavy (non-hydrogen) atoms. The van der Waals surface area contributed by atoms with E-state index in [9.17, 15) is 22.4 Å². The summed E-state index contributed by atoms with van der Waals surface area (Å²) in [5.74, 6) is -1.50. The Morgan fingerprint density at radius 2 is 1.56 bits per heavy atom. The Kier molecular flexibility index (Phi) is 11.5. The van der Waals surface area contributed by atoms with Crippen LogP contribution in [0.5, 0.6) is 0 Å². The van der Waals surface area contributed by atoms with Crippen LogP contribution in [0.3, 0.4) is 0 Å². The lowest BCUT2D eigenvalue weighted by Crippen LogP contribution is -2.53. The minimum Gasteiger partial charge on any atom is -0.354 e. The maximum absolute atomic E-state index is 14.9. The van der Waals surface area contributed by atoms with Gasteiger partial charge < -0.3 is 10.2 Å². The summed E-state index contributed by atoms with van der Waals surface area (Å²) in [5.41, 5.74) is 2.22. The highest BCUT2D eigenvalue weighted by atomic mass is 32.2. The Bertz CT molecular complexity index is 1410. The lowest BCUT2D eigenvalue weighted by molar-refractivity contribution is -0.140. The number of para-hydroxylation sites is 1. The van der Waals surface area contributed by atoms with Crippen LogP contribution in [0.25, 0.3) is 0 Å². The largest absolute Gasteiger partial charge is 0.354 e. The Balaban J connectivity index is 2.08. The molecule has 0 saturated heterocycles. The first-order valence-electron chi connectivity index (χ1n) is 13.9. The first-order valence-corrected chi connectivity index (χ1v) is 15.8. The number of amides is 2. The minimum absolute atomic E-state index is 0.00441. The maximum Gasteiger partial charge on any atom is 0.244 e. The van der Waals surface area contributed by atoms with Crippen molar-refractivity contribution in [2.75, 3.05) is 23.7 Å². The highest BCUT2D eigenvalue weighted by Gasteiger charge is 2.34. The van der Waals surface area contributed by atoms with Gasteiger partial charge in [0.25, 0.3) is 0 Å². The van der Waals surface area contributed by atoms with Crippen molar-refractivity contribution in [3.8, 4) is 0 Å². The van der Waals surface area contributed by atoms with E-state index in [2.05, 4.69) is 5.32 Å². The maximum atomic E-state index is 14.9. The Hall–Kier alpha value is -3.72. The molecule has 0 heterocycles. The lowest BCUT2D eigenvalue weighted by Gasteiger charge is -2.34. The molecule has 3 aromatic rings. The summed E-state index contributed by atoms with van der Waals surface area (Å²) in [6, 6.07) is 21.4. The molecule has 3 aromatic carbocycles. The molecule has 0 aliphatic heterocycles. The predicted octanol–water partition coefficient (Wildman–Crippen LogP) is 5.27. The third-order valence-corrected chi connectivity index (χ3v) is 8.03. The van der Waals surface area contributed by atoms with Gasteiger partial charge in [0.15, 0.2) is 0 Å². The molecule has 2 amide bonds. The molecule has 0 radical (unpaired) electrons. The molecule has 0 aromatic heterocycles. The summed E-state index contributed by atoms with van der Waals surface area (Å²) < 4.78 is 42.1. The molecule has 0 unspecified atom stereocenters. The number of nitrogens with one attached hydrogen (secondary N) is 1. The molecule has 0 bridgehead atoms. The van der Waals surface area contributed by atoms with Gasteiger partial charge in [-0.1, -0.05) is 93.9 Å². The van der Waals surface area contributed by atoms with E-state index in [4.69, 9.17) is 0 Å². The minimum atomic E-state index is -3.89. The molecule has 0 fully saturated rings. The summed E-state index contributed by atoms with van der Waals surface area (Å²) >= 11 is 0. The van der Waals surface area contributed by atoms with Crippen LogP contribution in [-0.4, -0.2) is 50.5 Å². The number of unbranched alkanes of at least 4 members (excludes halogenated alkanes) is 1. The van der Waals surface area contributed by atoms with E-state index in [-0.39, 0.29) is 30.4 Å². The number of sulfonamides is 1. The number of halogens is 1. The van der Waals surface area contributed by atoms with Crippen LogP contribution in [0, 0.1) is 5.82 Å². The quantitative estimate of drug-likeness (QED) is 0.263. The van der Waals surface area contributed by atoms with Crippen LogP contribution in [0.2, 0.25) is 0 Å². The molecule has 220 valence electrons. The number of carbonyl (C=O) groups is 2. The van der Waals surface area contributed by atoms with E-state index >= 15 is 0 Å². The van der Waals surface area contributed by atoms with Crippen LogP contribution in [0.1, 0.15) is 56.2 Å². The number of hydrogen-bond acceptors (Lipinski definition) is 4. The van der Waals surface area contributed by atoms with Gasteiger partial charge in [0.1, 0.15) is 18.4 Å². The zero-order chi connectivity index (χ0) is 30.0. The van der Waals surface area contributed by atoms with Crippen molar-refractivity contribution in [1.29, 1.82) is 0 Å². The smallest absolute Gasteiger partial charge is 0.244 e. The molecule has 1 N–H and O–H groups in total.